The fourth-order valence-electron chi connectivity index (χ4n) is 1.22. The summed E-state index contributed by atoms with van der Waals surface area (Å²) in [6.07, 6.45) is 0. The van der Waals surface area contributed by atoms with Crippen molar-refractivity contribution in [2.75, 3.05) is 6.61 Å². The van der Waals surface area contributed by atoms with E-state index in [1.165, 1.54) is 0 Å². The van der Waals surface area contributed by atoms with Crippen LogP contribution in [0.3, 0.4) is 0 Å². The Balaban J connectivity index is 2.73. The predicted octanol–water partition coefficient (Wildman–Crippen LogP) is -0.448. The maximum atomic E-state index is 11.6. The Labute approximate surface area is 99.0 Å². The molecule has 0 saturated carbocycles. The molecule has 3 N–H and O–H groups in total. The normalized spacial score (nSPS) is 13.2. The lowest BCUT2D eigenvalue weighted by Gasteiger charge is -2.12. The van der Waals surface area contributed by atoms with Gasteiger partial charge in [0.25, 0.3) is 0 Å². The SMILES string of the molecule is O=C(O)[C@H](CO)NS(=O)(=O)Cc1ccccc1. The quantitative estimate of drug-likeness (QED) is 0.642. The highest BCUT2D eigenvalue weighted by Crippen LogP contribution is 2.04. The van der Waals surface area contributed by atoms with Crippen molar-refractivity contribution in [1.29, 1.82) is 0 Å². The molecule has 0 aliphatic rings. The van der Waals surface area contributed by atoms with E-state index in [4.69, 9.17) is 10.2 Å². The lowest BCUT2D eigenvalue weighted by atomic mass is 10.2. The Morgan fingerprint density at radius 2 is 1.88 bits per heavy atom. The molecular weight excluding hydrogens is 246 g/mol. The Bertz CT molecular complexity index is 471. The summed E-state index contributed by atoms with van der Waals surface area (Å²) >= 11 is 0. The van der Waals surface area contributed by atoms with E-state index in [0.717, 1.165) is 0 Å². The van der Waals surface area contributed by atoms with Crippen LogP contribution in [0.25, 0.3) is 0 Å². The molecule has 0 radical (unpaired) electrons. The number of aliphatic hydroxyl groups is 1. The molecule has 1 aromatic rings. The van der Waals surface area contributed by atoms with Crippen LogP contribution in [0.2, 0.25) is 0 Å². The molecule has 0 saturated heterocycles. The second kappa shape index (κ2) is 5.76. The van der Waals surface area contributed by atoms with Crippen molar-refractivity contribution in [2.45, 2.75) is 11.8 Å². The predicted molar refractivity (Wildman–Crippen MR) is 60.7 cm³/mol. The molecule has 7 heteroatoms. The highest BCUT2D eigenvalue weighted by molar-refractivity contribution is 7.88. The van der Waals surface area contributed by atoms with Crippen molar-refractivity contribution >= 4 is 16.0 Å². The second-order valence-corrected chi connectivity index (χ2v) is 5.19. The fraction of sp³-hybridized carbons (Fsp3) is 0.300. The molecule has 0 heterocycles. The first-order valence-corrected chi connectivity index (χ1v) is 6.47. The van der Waals surface area contributed by atoms with Gasteiger partial charge in [0.15, 0.2) is 0 Å². The van der Waals surface area contributed by atoms with Gasteiger partial charge in [-0.2, -0.15) is 4.72 Å². The van der Waals surface area contributed by atoms with Gasteiger partial charge in [0.1, 0.15) is 6.04 Å². The fourth-order valence-corrected chi connectivity index (χ4v) is 2.54. The van der Waals surface area contributed by atoms with Gasteiger partial charge in [-0.15, -0.1) is 0 Å². The summed E-state index contributed by atoms with van der Waals surface area (Å²) in [5.74, 6) is -1.73. The zero-order valence-electron chi connectivity index (χ0n) is 8.91. The minimum Gasteiger partial charge on any atom is -0.480 e. The molecule has 0 bridgehead atoms. The van der Waals surface area contributed by atoms with E-state index in [-0.39, 0.29) is 5.75 Å². The van der Waals surface area contributed by atoms with Crippen LogP contribution in [-0.4, -0.2) is 37.2 Å². The van der Waals surface area contributed by atoms with E-state index in [0.29, 0.717) is 5.56 Å². The number of sulfonamides is 1. The molecule has 6 nitrogen and oxygen atoms in total. The van der Waals surface area contributed by atoms with Gasteiger partial charge >= 0.3 is 5.97 Å². The van der Waals surface area contributed by atoms with Gasteiger partial charge in [0.2, 0.25) is 10.0 Å². The third-order valence-corrected chi connectivity index (χ3v) is 3.36. The van der Waals surface area contributed by atoms with Gasteiger partial charge in [-0.25, -0.2) is 8.42 Å². The van der Waals surface area contributed by atoms with Crippen LogP contribution in [0.1, 0.15) is 5.56 Å². The molecule has 1 atom stereocenters. The number of hydrogen-bond donors (Lipinski definition) is 3. The number of carboxylic acid groups (broad SMARTS) is 1. The van der Waals surface area contributed by atoms with Crippen LogP contribution in [0.5, 0.6) is 0 Å². The van der Waals surface area contributed by atoms with E-state index >= 15 is 0 Å². The monoisotopic (exact) mass is 259 g/mol. The third-order valence-electron chi connectivity index (χ3n) is 2.00. The molecule has 17 heavy (non-hydrogen) atoms. The summed E-state index contributed by atoms with van der Waals surface area (Å²) in [5.41, 5.74) is 0.544. The summed E-state index contributed by atoms with van der Waals surface area (Å²) in [6, 6.07) is 6.85. The van der Waals surface area contributed by atoms with Crippen molar-refractivity contribution in [1.82, 2.24) is 4.72 Å². The summed E-state index contributed by atoms with van der Waals surface area (Å²) in [4.78, 5) is 10.6. The minimum absolute atomic E-state index is 0.322. The Kier molecular flexibility index (Phi) is 4.62. The number of benzene rings is 1. The summed E-state index contributed by atoms with van der Waals surface area (Å²) in [5, 5.41) is 17.3. The zero-order chi connectivity index (χ0) is 12.9. The number of aliphatic hydroxyl groups excluding tert-OH is 1. The van der Waals surface area contributed by atoms with Gasteiger partial charge in [0, 0.05) is 0 Å². The lowest BCUT2D eigenvalue weighted by Crippen LogP contribution is -2.43. The standard InChI is InChI=1S/C10H13NO5S/c12-6-9(10(13)14)11-17(15,16)7-8-4-2-1-3-5-8/h1-5,9,11-12H,6-7H2,(H,13,14)/t9-/m0/s1. The van der Waals surface area contributed by atoms with E-state index in [9.17, 15) is 13.2 Å². The lowest BCUT2D eigenvalue weighted by molar-refractivity contribution is -0.139. The zero-order valence-corrected chi connectivity index (χ0v) is 9.72. The maximum Gasteiger partial charge on any atom is 0.324 e. The molecule has 0 fully saturated rings. The molecule has 1 rings (SSSR count). The van der Waals surface area contributed by atoms with Crippen LogP contribution in [0.15, 0.2) is 30.3 Å². The molecule has 0 spiro atoms. The van der Waals surface area contributed by atoms with Crippen LogP contribution < -0.4 is 4.72 Å². The van der Waals surface area contributed by atoms with Crippen LogP contribution in [-0.2, 0) is 20.6 Å². The van der Waals surface area contributed by atoms with E-state index in [2.05, 4.69) is 0 Å². The maximum absolute atomic E-state index is 11.6. The van der Waals surface area contributed by atoms with Crippen LogP contribution in [0, 0.1) is 0 Å². The van der Waals surface area contributed by atoms with Gasteiger partial charge in [-0.1, -0.05) is 30.3 Å². The molecule has 0 unspecified atom stereocenters. The van der Waals surface area contributed by atoms with E-state index in [1.54, 1.807) is 30.3 Å². The molecule has 1 aromatic carbocycles. The number of nitrogens with one attached hydrogen (secondary N) is 1. The Morgan fingerprint density at radius 3 is 2.35 bits per heavy atom. The van der Waals surface area contributed by atoms with Gasteiger partial charge in [0.05, 0.1) is 12.4 Å². The van der Waals surface area contributed by atoms with Gasteiger partial charge in [-0.3, -0.25) is 4.79 Å². The van der Waals surface area contributed by atoms with Crippen LogP contribution in [0.4, 0.5) is 0 Å². The first-order valence-electron chi connectivity index (χ1n) is 4.82. The van der Waals surface area contributed by atoms with Gasteiger partial charge < -0.3 is 10.2 Å². The van der Waals surface area contributed by atoms with Crippen molar-refractivity contribution in [2.24, 2.45) is 0 Å². The largest absolute Gasteiger partial charge is 0.480 e. The Morgan fingerprint density at radius 1 is 1.29 bits per heavy atom. The number of hydrogen-bond acceptors (Lipinski definition) is 4. The number of carboxylic acids is 1. The highest BCUT2D eigenvalue weighted by atomic mass is 32.2. The number of rotatable bonds is 6. The summed E-state index contributed by atoms with van der Waals surface area (Å²) in [6.45, 7) is -0.788. The van der Waals surface area contributed by atoms with E-state index in [1.807, 2.05) is 4.72 Å². The molecule has 0 amide bonds. The molecule has 0 aliphatic carbocycles. The van der Waals surface area contributed by atoms with Crippen molar-refractivity contribution in [3.8, 4) is 0 Å². The van der Waals surface area contributed by atoms with Crippen molar-refractivity contribution < 1.29 is 23.4 Å². The average molecular weight is 259 g/mol. The number of carbonyl (C=O) groups is 1. The smallest absolute Gasteiger partial charge is 0.324 e. The van der Waals surface area contributed by atoms with Crippen molar-refractivity contribution in [3.05, 3.63) is 35.9 Å². The number of aliphatic carboxylic acids is 1. The molecule has 0 aliphatic heterocycles. The average Bonchev–Trinajstić information content (AvgIpc) is 2.26. The summed E-state index contributed by atoms with van der Waals surface area (Å²) < 4.78 is 25.1. The molecular formula is C10H13NO5S. The first kappa shape index (κ1) is 13.6. The topological polar surface area (TPSA) is 104 Å². The Hall–Kier alpha value is -1.44. The van der Waals surface area contributed by atoms with Crippen LogP contribution >= 0.6 is 0 Å². The first-order chi connectivity index (χ1) is 7.94. The van der Waals surface area contributed by atoms with E-state index < -0.39 is 28.6 Å². The highest BCUT2D eigenvalue weighted by Gasteiger charge is 2.23. The second-order valence-electron chi connectivity index (χ2n) is 3.44. The van der Waals surface area contributed by atoms with Gasteiger partial charge in [-0.05, 0) is 5.56 Å². The molecule has 0 aromatic heterocycles. The minimum atomic E-state index is -3.78. The third kappa shape index (κ3) is 4.51. The summed E-state index contributed by atoms with van der Waals surface area (Å²) in [7, 11) is -3.78. The molecule has 94 valence electrons. The van der Waals surface area contributed by atoms with Crippen molar-refractivity contribution in [3.63, 3.8) is 0 Å².